The van der Waals surface area contributed by atoms with Gasteiger partial charge in [-0.3, -0.25) is 0 Å². The number of furan rings is 1. The van der Waals surface area contributed by atoms with Crippen LogP contribution in [0.3, 0.4) is 0 Å². The first-order valence-corrected chi connectivity index (χ1v) is 7.81. The Morgan fingerprint density at radius 1 is 1.38 bits per heavy atom. The van der Waals surface area contributed by atoms with Crippen molar-refractivity contribution >= 4 is 11.3 Å². The van der Waals surface area contributed by atoms with Crippen LogP contribution in [0.5, 0.6) is 0 Å². The fraction of sp³-hybridized carbons (Fsp3) is 0.357. The van der Waals surface area contributed by atoms with Gasteiger partial charge in [-0.1, -0.05) is 12.1 Å². The largest absolute Gasteiger partial charge is 0.462 e. The molecule has 0 saturated carbocycles. The van der Waals surface area contributed by atoms with Crippen LogP contribution in [0.4, 0.5) is 0 Å². The molecular weight excluding hydrogens is 286 g/mol. The minimum Gasteiger partial charge on any atom is -0.462 e. The first-order valence-electron chi connectivity index (χ1n) is 6.93. The molecule has 3 heterocycles. The molecule has 0 radical (unpaired) electrons. The average Bonchev–Trinajstić information content (AvgIpc) is 3.20. The summed E-state index contributed by atoms with van der Waals surface area (Å²) in [5.74, 6) is 0.800. The summed E-state index contributed by atoms with van der Waals surface area (Å²) < 4.78 is 7.16. The summed E-state index contributed by atoms with van der Waals surface area (Å²) >= 11 is 1.57. The number of rotatable bonds is 7. The van der Waals surface area contributed by atoms with Gasteiger partial charge in [0, 0.05) is 11.9 Å². The minimum absolute atomic E-state index is 0.623. The van der Waals surface area contributed by atoms with E-state index in [-0.39, 0.29) is 0 Å². The number of nitrogens with zero attached hydrogens (tertiary/aromatic N) is 4. The maximum absolute atomic E-state index is 5.35. The van der Waals surface area contributed by atoms with Crippen LogP contribution in [0.15, 0.2) is 34.4 Å². The highest BCUT2D eigenvalue weighted by Crippen LogP contribution is 2.24. The summed E-state index contributed by atoms with van der Waals surface area (Å²) in [5, 5.41) is 14.5. The Hall–Kier alpha value is -1.99. The Morgan fingerprint density at radius 3 is 3.14 bits per heavy atom. The molecule has 3 rings (SSSR count). The number of hydrogen-bond donors (Lipinski definition) is 1. The zero-order valence-corrected chi connectivity index (χ0v) is 12.6. The summed E-state index contributed by atoms with van der Waals surface area (Å²) in [5.41, 5.74) is 1.91. The lowest BCUT2D eigenvalue weighted by Crippen LogP contribution is -2.13. The Morgan fingerprint density at radius 2 is 2.33 bits per heavy atom. The van der Waals surface area contributed by atoms with Gasteiger partial charge >= 0.3 is 0 Å². The van der Waals surface area contributed by atoms with Gasteiger partial charge < -0.3 is 9.73 Å². The molecule has 0 fully saturated rings. The average molecular weight is 303 g/mol. The van der Waals surface area contributed by atoms with Gasteiger partial charge in [-0.25, -0.2) is 9.67 Å². The Kier molecular flexibility index (Phi) is 4.42. The zero-order valence-electron chi connectivity index (χ0n) is 11.8. The minimum atomic E-state index is 0.623. The molecule has 0 aromatic carbocycles. The van der Waals surface area contributed by atoms with Crippen molar-refractivity contribution in [3.05, 3.63) is 41.4 Å². The van der Waals surface area contributed by atoms with Crippen LogP contribution >= 0.6 is 11.3 Å². The monoisotopic (exact) mass is 303 g/mol. The number of aromatic nitrogens is 4. The van der Waals surface area contributed by atoms with Crippen LogP contribution in [0, 0.1) is 0 Å². The lowest BCUT2D eigenvalue weighted by atomic mass is 10.4. The first kappa shape index (κ1) is 14.0. The van der Waals surface area contributed by atoms with E-state index in [0.29, 0.717) is 6.54 Å². The molecule has 0 saturated heterocycles. The van der Waals surface area contributed by atoms with E-state index in [1.807, 2.05) is 28.4 Å². The highest BCUT2D eigenvalue weighted by molar-refractivity contribution is 7.13. The third-order valence-corrected chi connectivity index (χ3v) is 3.83. The van der Waals surface area contributed by atoms with Crippen molar-refractivity contribution in [2.45, 2.75) is 26.4 Å². The van der Waals surface area contributed by atoms with Gasteiger partial charge in [0.25, 0.3) is 0 Å². The van der Waals surface area contributed by atoms with Crippen LogP contribution in [0.2, 0.25) is 0 Å². The first-order chi connectivity index (χ1) is 10.3. The van der Waals surface area contributed by atoms with Crippen LogP contribution in [0.25, 0.3) is 10.8 Å². The molecule has 0 amide bonds. The predicted molar refractivity (Wildman–Crippen MR) is 80.9 cm³/mol. The Balaban J connectivity index is 1.61. The van der Waals surface area contributed by atoms with E-state index < -0.39 is 0 Å². The summed E-state index contributed by atoms with van der Waals surface area (Å²) in [7, 11) is 0. The van der Waals surface area contributed by atoms with Crippen molar-refractivity contribution in [1.82, 2.24) is 25.3 Å². The molecule has 0 aliphatic carbocycles. The van der Waals surface area contributed by atoms with E-state index in [1.165, 1.54) is 0 Å². The third kappa shape index (κ3) is 3.56. The van der Waals surface area contributed by atoms with E-state index in [4.69, 9.17) is 4.42 Å². The van der Waals surface area contributed by atoms with Crippen LogP contribution in [-0.4, -0.2) is 26.5 Å². The van der Waals surface area contributed by atoms with Crippen molar-refractivity contribution in [1.29, 1.82) is 0 Å². The zero-order chi connectivity index (χ0) is 14.5. The van der Waals surface area contributed by atoms with Crippen molar-refractivity contribution in [2.24, 2.45) is 0 Å². The van der Waals surface area contributed by atoms with Crippen LogP contribution in [-0.2, 0) is 13.1 Å². The molecule has 0 spiro atoms. The normalized spacial score (nSPS) is 11.1. The topological polar surface area (TPSA) is 68.8 Å². The molecule has 0 aliphatic heterocycles. The molecule has 0 atom stereocenters. The summed E-state index contributed by atoms with van der Waals surface area (Å²) in [6.45, 7) is 4.51. The third-order valence-electron chi connectivity index (χ3n) is 2.93. The highest BCUT2D eigenvalue weighted by atomic mass is 32.1. The quantitative estimate of drug-likeness (QED) is 0.679. The van der Waals surface area contributed by atoms with E-state index in [2.05, 4.69) is 27.5 Å². The van der Waals surface area contributed by atoms with Crippen LogP contribution < -0.4 is 5.32 Å². The van der Waals surface area contributed by atoms with Crippen molar-refractivity contribution in [3.63, 3.8) is 0 Å². The molecule has 0 aliphatic rings. The highest BCUT2D eigenvalue weighted by Gasteiger charge is 2.08. The fourth-order valence-electron chi connectivity index (χ4n) is 1.95. The number of hydrogen-bond acceptors (Lipinski definition) is 6. The summed E-state index contributed by atoms with van der Waals surface area (Å²) in [4.78, 5) is 4.55. The maximum atomic E-state index is 5.35. The summed E-state index contributed by atoms with van der Waals surface area (Å²) in [6.07, 6.45) is 4.72. The second kappa shape index (κ2) is 6.64. The predicted octanol–water partition coefficient (Wildman–Crippen LogP) is 2.54. The molecule has 0 bridgehead atoms. The van der Waals surface area contributed by atoms with Gasteiger partial charge in [-0.15, -0.1) is 16.4 Å². The van der Waals surface area contributed by atoms with Gasteiger partial charge in [-0.2, -0.15) is 0 Å². The lowest BCUT2D eigenvalue weighted by molar-refractivity contribution is 0.581. The maximum Gasteiger partial charge on any atom is 0.162 e. The molecular formula is C14H17N5OS. The second-order valence-corrected chi connectivity index (χ2v) is 5.56. The Bertz CT molecular complexity index is 673. The smallest absolute Gasteiger partial charge is 0.162 e. The van der Waals surface area contributed by atoms with Gasteiger partial charge in [0.15, 0.2) is 10.8 Å². The van der Waals surface area contributed by atoms with E-state index in [9.17, 15) is 0 Å². The summed E-state index contributed by atoms with van der Waals surface area (Å²) in [6, 6.07) is 3.78. The molecule has 21 heavy (non-hydrogen) atoms. The van der Waals surface area contributed by atoms with Crippen molar-refractivity contribution in [2.75, 3.05) is 6.54 Å². The second-order valence-electron chi connectivity index (χ2n) is 4.71. The van der Waals surface area contributed by atoms with E-state index in [0.717, 1.165) is 41.7 Å². The molecule has 6 nitrogen and oxygen atoms in total. The Labute approximate surface area is 126 Å². The van der Waals surface area contributed by atoms with Gasteiger partial charge in [0.1, 0.15) is 0 Å². The molecule has 1 N–H and O–H groups in total. The standard InChI is InChI=1S/C14H17N5OS/c1-2-5-15-7-11-8-19(18-17-11)9-12-10-21-14(16-12)13-4-3-6-20-13/h3-4,6,8,10,15H,2,5,7,9H2,1H3. The molecule has 7 heteroatoms. The molecule has 3 aromatic heterocycles. The van der Waals surface area contributed by atoms with Crippen molar-refractivity contribution < 1.29 is 4.42 Å². The van der Waals surface area contributed by atoms with Crippen molar-refractivity contribution in [3.8, 4) is 10.8 Å². The van der Waals surface area contributed by atoms with Crippen LogP contribution in [0.1, 0.15) is 24.7 Å². The lowest BCUT2D eigenvalue weighted by Gasteiger charge is -1.97. The molecule has 0 unspecified atom stereocenters. The fourth-order valence-corrected chi connectivity index (χ4v) is 2.73. The SMILES string of the molecule is CCCNCc1cn(Cc2csc(-c3ccco3)n2)nn1. The van der Waals surface area contributed by atoms with E-state index >= 15 is 0 Å². The molecule has 3 aromatic rings. The van der Waals surface area contributed by atoms with Gasteiger partial charge in [-0.05, 0) is 25.1 Å². The number of nitrogens with one attached hydrogen (secondary N) is 1. The number of thiazole rings is 1. The van der Waals surface area contributed by atoms with Gasteiger partial charge in [0.05, 0.1) is 30.4 Å². The van der Waals surface area contributed by atoms with Gasteiger partial charge in [0.2, 0.25) is 0 Å². The van der Waals surface area contributed by atoms with E-state index in [1.54, 1.807) is 17.6 Å². The molecule has 110 valence electrons.